The van der Waals surface area contributed by atoms with Crippen LogP contribution in [0.1, 0.15) is 82.3 Å². The van der Waals surface area contributed by atoms with E-state index >= 15 is 0 Å². The molecule has 0 aliphatic carbocycles. The molecule has 0 fully saturated rings. The number of unbranched alkanes of at least 4 members (excludes halogenated alkanes) is 9. The summed E-state index contributed by atoms with van der Waals surface area (Å²) in [5.41, 5.74) is 2.68. The van der Waals surface area contributed by atoms with E-state index in [4.69, 9.17) is 5.11 Å². The zero-order valence-corrected chi connectivity index (χ0v) is 13.9. The Labute approximate surface area is 131 Å². The molecule has 1 rings (SSSR count). The summed E-state index contributed by atoms with van der Waals surface area (Å²) in [6, 6.07) is 8.75. The third-order valence-corrected chi connectivity index (χ3v) is 4.24. The maximum Gasteiger partial charge on any atom is 0.0471 e. The number of hydrogen-bond donors (Lipinski definition) is 1. The van der Waals surface area contributed by atoms with Gasteiger partial charge in [-0.3, -0.25) is 0 Å². The Morgan fingerprint density at radius 1 is 0.619 bits per heavy atom. The van der Waals surface area contributed by atoms with Gasteiger partial charge in [0.25, 0.3) is 0 Å². The molecule has 1 N–H and O–H groups in total. The van der Waals surface area contributed by atoms with Crippen molar-refractivity contribution in [3.8, 4) is 0 Å². The van der Waals surface area contributed by atoms with Crippen LogP contribution in [0.2, 0.25) is 0 Å². The molecule has 1 aromatic rings. The molecule has 0 heterocycles. The Bertz CT molecular complexity index is 328. The summed E-state index contributed by atoms with van der Waals surface area (Å²) < 4.78 is 0. The van der Waals surface area contributed by atoms with E-state index in [1.54, 1.807) is 0 Å². The van der Waals surface area contributed by atoms with E-state index in [-0.39, 0.29) is 6.61 Å². The van der Waals surface area contributed by atoms with Gasteiger partial charge in [0.2, 0.25) is 0 Å². The molecule has 0 amide bonds. The molecular formula is C20H34O. The van der Waals surface area contributed by atoms with Crippen LogP contribution in [0.4, 0.5) is 0 Å². The monoisotopic (exact) mass is 290 g/mol. The lowest BCUT2D eigenvalue weighted by atomic mass is 10.0. The number of aliphatic hydroxyl groups excluding tert-OH is 1. The molecule has 1 aromatic carbocycles. The molecule has 21 heavy (non-hydrogen) atoms. The summed E-state index contributed by atoms with van der Waals surface area (Å²) in [6.07, 6.45) is 16.0. The number of rotatable bonds is 13. The molecule has 0 spiro atoms. The Morgan fingerprint density at radius 2 is 1.05 bits per heavy atom. The van der Waals surface area contributed by atoms with Crippen molar-refractivity contribution in [3.63, 3.8) is 0 Å². The maximum atomic E-state index is 8.89. The van der Waals surface area contributed by atoms with Crippen LogP contribution in [0, 0.1) is 0 Å². The van der Waals surface area contributed by atoms with Gasteiger partial charge in [0.1, 0.15) is 0 Å². The minimum Gasteiger partial charge on any atom is -0.396 e. The lowest BCUT2D eigenvalue weighted by molar-refractivity contribution is 0.299. The van der Waals surface area contributed by atoms with E-state index in [0.717, 1.165) is 6.42 Å². The van der Waals surface area contributed by atoms with Gasteiger partial charge >= 0.3 is 0 Å². The molecule has 0 bridgehead atoms. The van der Waals surface area contributed by atoms with Crippen LogP contribution >= 0.6 is 0 Å². The van der Waals surface area contributed by atoms with Gasteiger partial charge in [-0.1, -0.05) is 89.0 Å². The van der Waals surface area contributed by atoms with Crippen molar-refractivity contribution in [2.45, 2.75) is 84.0 Å². The van der Waals surface area contributed by atoms with Crippen LogP contribution < -0.4 is 0 Å². The predicted octanol–water partition coefficient (Wildman–Crippen LogP) is 5.68. The zero-order valence-electron chi connectivity index (χ0n) is 13.9. The third kappa shape index (κ3) is 9.68. The van der Waals surface area contributed by atoms with E-state index in [1.165, 1.54) is 81.8 Å². The van der Waals surface area contributed by atoms with Crippen molar-refractivity contribution in [1.29, 1.82) is 0 Å². The molecular weight excluding hydrogens is 256 g/mol. The van der Waals surface area contributed by atoms with E-state index in [9.17, 15) is 0 Å². The molecule has 1 heteroatoms. The maximum absolute atomic E-state index is 8.89. The van der Waals surface area contributed by atoms with Gasteiger partial charge in [-0.25, -0.2) is 0 Å². The summed E-state index contributed by atoms with van der Waals surface area (Å²) in [5.74, 6) is 0. The minimum absolute atomic E-state index is 0.248. The zero-order chi connectivity index (χ0) is 15.2. The Hall–Kier alpha value is -0.820. The lowest BCUT2D eigenvalue weighted by Gasteiger charge is -2.04. The van der Waals surface area contributed by atoms with Gasteiger partial charge in [0.05, 0.1) is 0 Å². The Balaban J connectivity index is 1.94. The first kappa shape index (κ1) is 18.2. The first-order valence-corrected chi connectivity index (χ1v) is 9.05. The van der Waals surface area contributed by atoms with Gasteiger partial charge in [-0.15, -0.1) is 0 Å². The van der Waals surface area contributed by atoms with Crippen LogP contribution in [-0.2, 0) is 12.8 Å². The molecule has 0 saturated carbocycles. The number of hydrogen-bond acceptors (Lipinski definition) is 1. The van der Waals surface area contributed by atoms with Crippen LogP contribution in [0.25, 0.3) is 0 Å². The van der Waals surface area contributed by atoms with Crippen molar-refractivity contribution < 1.29 is 5.11 Å². The highest BCUT2D eigenvalue weighted by atomic mass is 16.2. The third-order valence-electron chi connectivity index (χ3n) is 4.24. The average molecular weight is 290 g/mol. The topological polar surface area (TPSA) is 20.2 Å². The molecule has 1 nitrogen and oxygen atoms in total. The fourth-order valence-corrected chi connectivity index (χ4v) is 2.82. The largest absolute Gasteiger partial charge is 0.396 e. The normalized spacial score (nSPS) is 11.0. The van der Waals surface area contributed by atoms with Crippen molar-refractivity contribution in [2.75, 3.05) is 6.61 Å². The predicted molar refractivity (Wildman–Crippen MR) is 92.8 cm³/mol. The second kappa shape index (κ2) is 12.9. The smallest absolute Gasteiger partial charge is 0.0471 e. The van der Waals surface area contributed by atoms with Gasteiger partial charge < -0.3 is 5.11 Å². The van der Waals surface area contributed by atoms with E-state index in [1.807, 2.05) is 0 Å². The van der Waals surface area contributed by atoms with Crippen LogP contribution in [0.5, 0.6) is 0 Å². The first-order valence-electron chi connectivity index (χ1n) is 9.05. The number of aliphatic hydroxyl groups is 1. The highest BCUT2D eigenvalue weighted by Crippen LogP contribution is 2.13. The number of aryl methyl sites for hydroxylation is 1. The number of benzene rings is 1. The van der Waals surface area contributed by atoms with Crippen LogP contribution in [0.15, 0.2) is 24.3 Å². The Kier molecular flexibility index (Phi) is 11.2. The van der Waals surface area contributed by atoms with Crippen molar-refractivity contribution in [2.24, 2.45) is 0 Å². The van der Waals surface area contributed by atoms with Crippen LogP contribution in [0.3, 0.4) is 0 Å². The van der Waals surface area contributed by atoms with Gasteiger partial charge in [0.15, 0.2) is 0 Å². The summed E-state index contributed by atoms with van der Waals surface area (Å²) in [4.78, 5) is 0. The quantitative estimate of drug-likeness (QED) is 0.463. The van der Waals surface area contributed by atoms with Gasteiger partial charge in [0, 0.05) is 6.61 Å². The molecule has 0 aliphatic rings. The minimum atomic E-state index is 0.248. The molecule has 0 aliphatic heterocycles. The molecule has 0 radical (unpaired) electrons. The first-order chi connectivity index (χ1) is 10.4. The fraction of sp³-hybridized carbons (Fsp3) is 0.700. The summed E-state index contributed by atoms with van der Waals surface area (Å²) in [5, 5.41) is 8.89. The van der Waals surface area contributed by atoms with Gasteiger partial charge in [-0.2, -0.15) is 0 Å². The summed E-state index contributed by atoms with van der Waals surface area (Å²) in [6.45, 7) is 2.53. The second-order valence-corrected chi connectivity index (χ2v) is 6.22. The summed E-state index contributed by atoms with van der Waals surface area (Å²) in [7, 11) is 0. The molecule has 120 valence electrons. The highest BCUT2D eigenvalue weighted by molar-refractivity contribution is 5.22. The second-order valence-electron chi connectivity index (χ2n) is 6.22. The molecule has 0 atom stereocenters. The molecule has 0 saturated heterocycles. The van der Waals surface area contributed by atoms with Crippen molar-refractivity contribution in [3.05, 3.63) is 35.4 Å². The summed E-state index contributed by atoms with van der Waals surface area (Å²) >= 11 is 0. The van der Waals surface area contributed by atoms with Crippen LogP contribution in [-0.4, -0.2) is 11.7 Å². The molecule has 0 unspecified atom stereocenters. The van der Waals surface area contributed by atoms with Crippen molar-refractivity contribution >= 4 is 0 Å². The average Bonchev–Trinajstić information content (AvgIpc) is 2.51. The molecule has 0 aromatic heterocycles. The van der Waals surface area contributed by atoms with E-state index in [2.05, 4.69) is 31.2 Å². The van der Waals surface area contributed by atoms with E-state index < -0.39 is 0 Å². The fourth-order valence-electron chi connectivity index (χ4n) is 2.82. The Morgan fingerprint density at radius 3 is 1.52 bits per heavy atom. The SMILES string of the molecule is CCCCCCCCCCCCc1ccc(CCO)cc1. The standard InChI is InChI=1S/C20H34O/c1-2-3-4-5-6-7-8-9-10-11-12-19-13-15-20(16-14-19)17-18-21/h13-16,21H,2-12,17-18H2,1H3. The lowest BCUT2D eigenvalue weighted by Crippen LogP contribution is -1.92. The van der Waals surface area contributed by atoms with Gasteiger partial charge in [-0.05, 0) is 30.4 Å². The van der Waals surface area contributed by atoms with E-state index in [0.29, 0.717) is 0 Å². The van der Waals surface area contributed by atoms with Crippen molar-refractivity contribution in [1.82, 2.24) is 0 Å². The highest BCUT2D eigenvalue weighted by Gasteiger charge is 1.96.